The van der Waals surface area contributed by atoms with Crippen LogP contribution >= 0.6 is 15.9 Å². The van der Waals surface area contributed by atoms with Gasteiger partial charge in [-0.1, -0.05) is 0 Å². The zero-order valence-electron chi connectivity index (χ0n) is 10.4. The summed E-state index contributed by atoms with van der Waals surface area (Å²) in [5, 5.41) is 0. The van der Waals surface area contributed by atoms with E-state index in [4.69, 9.17) is 4.74 Å². The summed E-state index contributed by atoms with van der Waals surface area (Å²) in [6.07, 6.45) is 0. The molecule has 0 fully saturated rings. The van der Waals surface area contributed by atoms with Crippen LogP contribution in [0, 0.1) is 6.92 Å². The predicted octanol–water partition coefficient (Wildman–Crippen LogP) is 2.54. The van der Waals surface area contributed by atoms with Gasteiger partial charge in [0.25, 0.3) is 0 Å². The van der Waals surface area contributed by atoms with Gasteiger partial charge in [-0.2, -0.15) is 0 Å². The maximum atomic E-state index is 11.4. The number of aryl methyl sites for hydroxylation is 1. The molecular weight excluding hydrogens is 284 g/mol. The van der Waals surface area contributed by atoms with Gasteiger partial charge in [-0.15, -0.1) is 0 Å². The Kier molecular flexibility index (Phi) is 5.41. The molecule has 0 saturated carbocycles. The number of hydrogen-bond acceptors (Lipinski definition) is 4. The Morgan fingerprint density at radius 3 is 2.71 bits per heavy atom. The fourth-order valence-electron chi connectivity index (χ4n) is 1.42. The number of nitrogens with zero attached hydrogens (tertiary/aromatic N) is 2. The van der Waals surface area contributed by atoms with Gasteiger partial charge in [0.15, 0.2) is 0 Å². The summed E-state index contributed by atoms with van der Waals surface area (Å²) in [6, 6.07) is 3.82. The van der Waals surface area contributed by atoms with Crippen molar-refractivity contribution < 1.29 is 9.53 Å². The number of halogens is 1. The number of carbonyl (C=O) groups excluding carboxylic acids is 1. The predicted molar refractivity (Wildman–Crippen MR) is 71.2 cm³/mol. The third kappa shape index (κ3) is 4.00. The monoisotopic (exact) mass is 300 g/mol. The summed E-state index contributed by atoms with van der Waals surface area (Å²) >= 11 is 3.40. The Morgan fingerprint density at radius 2 is 2.18 bits per heavy atom. The van der Waals surface area contributed by atoms with Crippen molar-refractivity contribution in [2.45, 2.75) is 20.8 Å². The molecule has 0 unspecified atom stereocenters. The first-order chi connectivity index (χ1) is 8.08. The van der Waals surface area contributed by atoms with E-state index in [0.29, 0.717) is 13.2 Å². The third-order valence-corrected chi connectivity index (χ3v) is 3.18. The highest BCUT2D eigenvalue weighted by molar-refractivity contribution is 9.10. The van der Waals surface area contributed by atoms with Crippen LogP contribution in [-0.2, 0) is 9.53 Å². The highest BCUT2D eigenvalue weighted by atomic mass is 79.9. The standard InChI is InChI=1S/C12H17BrN2O2/c1-4-15(8-12(16)17-5-2)11-7-6-10(13)9(3)14-11/h6-7H,4-5,8H2,1-3H3. The molecule has 1 rings (SSSR count). The Labute approximate surface area is 110 Å². The molecule has 0 aliphatic carbocycles. The van der Waals surface area contributed by atoms with Gasteiger partial charge >= 0.3 is 5.97 Å². The SMILES string of the molecule is CCOC(=O)CN(CC)c1ccc(Br)c(C)n1. The van der Waals surface area contributed by atoms with E-state index in [1.807, 2.05) is 30.9 Å². The number of ether oxygens (including phenoxy) is 1. The quantitative estimate of drug-likeness (QED) is 0.784. The van der Waals surface area contributed by atoms with Gasteiger partial charge < -0.3 is 9.64 Å². The van der Waals surface area contributed by atoms with Crippen molar-refractivity contribution in [2.75, 3.05) is 24.6 Å². The van der Waals surface area contributed by atoms with Crippen LogP contribution in [0.5, 0.6) is 0 Å². The number of hydrogen-bond donors (Lipinski definition) is 0. The normalized spacial score (nSPS) is 10.1. The van der Waals surface area contributed by atoms with Crippen molar-refractivity contribution in [3.05, 3.63) is 22.3 Å². The van der Waals surface area contributed by atoms with Gasteiger partial charge in [0.05, 0.1) is 12.3 Å². The maximum absolute atomic E-state index is 11.4. The minimum atomic E-state index is -0.225. The van der Waals surface area contributed by atoms with Gasteiger partial charge in [0.1, 0.15) is 12.4 Å². The van der Waals surface area contributed by atoms with Gasteiger partial charge in [-0.25, -0.2) is 4.98 Å². The lowest BCUT2D eigenvalue weighted by Crippen LogP contribution is -2.31. The first kappa shape index (κ1) is 14.0. The molecule has 1 aromatic rings. The zero-order chi connectivity index (χ0) is 12.8. The Bertz CT molecular complexity index is 396. The average Bonchev–Trinajstić information content (AvgIpc) is 2.30. The highest BCUT2D eigenvalue weighted by Gasteiger charge is 2.12. The Hall–Kier alpha value is -1.10. The van der Waals surface area contributed by atoms with Crippen LogP contribution in [0.2, 0.25) is 0 Å². The highest BCUT2D eigenvalue weighted by Crippen LogP contribution is 2.18. The molecule has 17 heavy (non-hydrogen) atoms. The number of carbonyl (C=O) groups is 1. The fraction of sp³-hybridized carbons (Fsp3) is 0.500. The molecular formula is C12H17BrN2O2. The van der Waals surface area contributed by atoms with Crippen LogP contribution in [0.1, 0.15) is 19.5 Å². The van der Waals surface area contributed by atoms with Crippen LogP contribution in [0.25, 0.3) is 0 Å². The lowest BCUT2D eigenvalue weighted by Gasteiger charge is -2.21. The molecule has 0 bridgehead atoms. The second-order valence-electron chi connectivity index (χ2n) is 3.56. The van der Waals surface area contributed by atoms with E-state index >= 15 is 0 Å². The summed E-state index contributed by atoms with van der Waals surface area (Å²) in [7, 11) is 0. The van der Waals surface area contributed by atoms with E-state index in [9.17, 15) is 4.79 Å². The van der Waals surface area contributed by atoms with Crippen LogP contribution in [0.4, 0.5) is 5.82 Å². The molecule has 0 aliphatic rings. The molecule has 1 heterocycles. The molecule has 94 valence electrons. The van der Waals surface area contributed by atoms with E-state index in [1.54, 1.807) is 6.92 Å². The van der Waals surface area contributed by atoms with Crippen LogP contribution in [0.3, 0.4) is 0 Å². The van der Waals surface area contributed by atoms with Gasteiger partial charge in [-0.05, 0) is 48.8 Å². The van der Waals surface area contributed by atoms with E-state index in [2.05, 4.69) is 20.9 Å². The minimum absolute atomic E-state index is 0.225. The lowest BCUT2D eigenvalue weighted by molar-refractivity contribution is -0.141. The van der Waals surface area contributed by atoms with Crippen molar-refractivity contribution in [1.82, 2.24) is 4.98 Å². The van der Waals surface area contributed by atoms with Crippen molar-refractivity contribution in [2.24, 2.45) is 0 Å². The molecule has 0 atom stereocenters. The van der Waals surface area contributed by atoms with Gasteiger partial charge in [0, 0.05) is 11.0 Å². The molecule has 5 heteroatoms. The smallest absolute Gasteiger partial charge is 0.325 e. The molecule has 0 radical (unpaired) electrons. The summed E-state index contributed by atoms with van der Waals surface area (Å²) in [5.41, 5.74) is 0.907. The Balaban J connectivity index is 2.79. The van der Waals surface area contributed by atoms with E-state index in [1.165, 1.54) is 0 Å². The molecule has 0 aromatic carbocycles. The molecule has 0 spiro atoms. The molecule has 0 saturated heterocycles. The van der Waals surface area contributed by atoms with Gasteiger partial charge in [-0.3, -0.25) is 4.79 Å². The lowest BCUT2D eigenvalue weighted by atomic mass is 10.3. The molecule has 4 nitrogen and oxygen atoms in total. The Morgan fingerprint density at radius 1 is 1.47 bits per heavy atom. The molecule has 1 aromatic heterocycles. The topological polar surface area (TPSA) is 42.4 Å². The average molecular weight is 301 g/mol. The first-order valence-electron chi connectivity index (χ1n) is 5.62. The third-order valence-electron chi connectivity index (χ3n) is 2.34. The summed E-state index contributed by atoms with van der Waals surface area (Å²) in [4.78, 5) is 17.8. The van der Waals surface area contributed by atoms with E-state index in [0.717, 1.165) is 16.0 Å². The van der Waals surface area contributed by atoms with E-state index in [-0.39, 0.29) is 12.5 Å². The summed E-state index contributed by atoms with van der Waals surface area (Å²) in [5.74, 6) is 0.568. The van der Waals surface area contributed by atoms with Crippen molar-refractivity contribution in [3.8, 4) is 0 Å². The first-order valence-corrected chi connectivity index (χ1v) is 6.41. The number of anilines is 1. The second kappa shape index (κ2) is 6.59. The zero-order valence-corrected chi connectivity index (χ0v) is 12.0. The second-order valence-corrected chi connectivity index (χ2v) is 4.41. The number of pyridine rings is 1. The fourth-order valence-corrected chi connectivity index (χ4v) is 1.65. The van der Waals surface area contributed by atoms with Gasteiger partial charge in [0.2, 0.25) is 0 Å². The minimum Gasteiger partial charge on any atom is -0.465 e. The largest absolute Gasteiger partial charge is 0.465 e. The molecule has 0 amide bonds. The number of rotatable bonds is 5. The van der Waals surface area contributed by atoms with Crippen LogP contribution < -0.4 is 4.90 Å². The number of aromatic nitrogens is 1. The number of likely N-dealkylation sites (N-methyl/N-ethyl adjacent to an activating group) is 1. The molecule has 0 N–H and O–H groups in total. The van der Waals surface area contributed by atoms with Crippen LogP contribution in [-0.4, -0.2) is 30.6 Å². The summed E-state index contributed by atoms with van der Waals surface area (Å²) < 4.78 is 5.90. The van der Waals surface area contributed by atoms with E-state index < -0.39 is 0 Å². The van der Waals surface area contributed by atoms with Crippen molar-refractivity contribution in [1.29, 1.82) is 0 Å². The summed E-state index contributed by atoms with van der Waals surface area (Å²) in [6.45, 7) is 7.06. The van der Waals surface area contributed by atoms with Crippen LogP contribution in [0.15, 0.2) is 16.6 Å². The molecule has 0 aliphatic heterocycles. The maximum Gasteiger partial charge on any atom is 0.325 e. The van der Waals surface area contributed by atoms with Crippen molar-refractivity contribution >= 4 is 27.7 Å². The number of esters is 1. The van der Waals surface area contributed by atoms with Crippen molar-refractivity contribution in [3.63, 3.8) is 0 Å².